The average Bonchev–Trinajstić information content (AvgIpc) is 1.94. The lowest BCUT2D eigenvalue weighted by atomic mass is 10.3. The van der Waals surface area contributed by atoms with Gasteiger partial charge >= 0.3 is 0 Å². The Morgan fingerprint density at radius 3 is 2.73 bits per heavy atom. The molecule has 1 heterocycles. The number of carbonyl (C=O) groups is 1. The van der Waals surface area contributed by atoms with Crippen molar-refractivity contribution in [2.45, 2.75) is 0 Å². The first-order chi connectivity index (χ1) is 5.13. The highest BCUT2D eigenvalue weighted by Gasteiger charge is 2.04. The number of hydrogen-bond donors (Lipinski definition) is 1. The van der Waals surface area contributed by atoms with Crippen molar-refractivity contribution in [3.05, 3.63) is 34.2 Å². The summed E-state index contributed by atoms with van der Waals surface area (Å²) >= 11 is 0. The molecule has 0 fully saturated rings. The number of rotatable bonds is 1. The third kappa shape index (κ3) is 1.29. The van der Waals surface area contributed by atoms with Gasteiger partial charge in [0.15, 0.2) is 0 Å². The van der Waals surface area contributed by atoms with Gasteiger partial charge in [-0.3, -0.25) is 9.59 Å². The fraction of sp³-hybridized carbons (Fsp3) is 0.143. The highest BCUT2D eigenvalue weighted by atomic mass is 16.2. The van der Waals surface area contributed by atoms with E-state index in [0.29, 0.717) is 0 Å². The van der Waals surface area contributed by atoms with Gasteiger partial charge in [0.2, 0.25) is 0 Å². The first kappa shape index (κ1) is 7.53. The molecule has 0 aliphatic heterocycles. The van der Waals surface area contributed by atoms with Crippen LogP contribution in [0.5, 0.6) is 0 Å². The molecule has 1 amide bonds. The lowest BCUT2D eigenvalue weighted by molar-refractivity contribution is 0.0998. The maximum atomic E-state index is 11.1. The Morgan fingerprint density at radius 2 is 2.27 bits per heavy atom. The topological polar surface area (TPSA) is 65.1 Å². The van der Waals surface area contributed by atoms with Crippen molar-refractivity contribution in [1.82, 2.24) is 4.57 Å². The van der Waals surface area contributed by atoms with Gasteiger partial charge in [0.25, 0.3) is 11.5 Å². The van der Waals surface area contributed by atoms with Crippen LogP contribution in [0, 0.1) is 0 Å². The van der Waals surface area contributed by atoms with Crippen LogP contribution in [0.4, 0.5) is 0 Å². The Morgan fingerprint density at radius 1 is 1.64 bits per heavy atom. The summed E-state index contributed by atoms with van der Waals surface area (Å²) in [5.74, 6) is -0.689. The van der Waals surface area contributed by atoms with Crippen molar-refractivity contribution in [3.8, 4) is 0 Å². The number of aromatic nitrogens is 1. The molecule has 0 aromatic carbocycles. The molecule has 0 saturated carbocycles. The summed E-state index contributed by atoms with van der Waals surface area (Å²) in [6.07, 6.45) is 1.56. The minimum atomic E-state index is -0.689. The predicted molar refractivity (Wildman–Crippen MR) is 40.2 cm³/mol. The van der Waals surface area contributed by atoms with Crippen LogP contribution < -0.4 is 11.3 Å². The maximum absolute atomic E-state index is 11.1. The lowest BCUT2D eigenvalue weighted by Gasteiger charge is -1.97. The van der Waals surface area contributed by atoms with Crippen molar-refractivity contribution < 1.29 is 4.79 Å². The zero-order valence-corrected chi connectivity index (χ0v) is 6.07. The van der Waals surface area contributed by atoms with Gasteiger partial charge in [-0.25, -0.2) is 0 Å². The summed E-state index contributed by atoms with van der Waals surface area (Å²) in [4.78, 5) is 21.7. The Balaban J connectivity index is 3.40. The molecule has 4 heteroatoms. The van der Waals surface area contributed by atoms with Gasteiger partial charge in [0.05, 0.1) is 0 Å². The maximum Gasteiger partial charge on any atom is 0.263 e. The fourth-order valence-corrected chi connectivity index (χ4v) is 0.785. The predicted octanol–water partition coefficient (Wildman–Crippen LogP) is -0.516. The van der Waals surface area contributed by atoms with E-state index in [4.69, 9.17) is 5.73 Å². The van der Waals surface area contributed by atoms with Gasteiger partial charge < -0.3 is 10.3 Å². The number of carbonyl (C=O) groups excluding carboxylic acids is 1. The zero-order chi connectivity index (χ0) is 8.43. The van der Waals surface area contributed by atoms with Crippen LogP contribution in [0.1, 0.15) is 10.4 Å². The molecule has 0 saturated heterocycles. The van der Waals surface area contributed by atoms with E-state index in [0.717, 1.165) is 0 Å². The first-order valence-electron chi connectivity index (χ1n) is 3.08. The minimum absolute atomic E-state index is 0.0231. The fourth-order valence-electron chi connectivity index (χ4n) is 0.785. The van der Waals surface area contributed by atoms with Crippen LogP contribution in [0.15, 0.2) is 23.1 Å². The largest absolute Gasteiger partial charge is 0.365 e. The van der Waals surface area contributed by atoms with Gasteiger partial charge in [0, 0.05) is 13.2 Å². The highest BCUT2D eigenvalue weighted by molar-refractivity contribution is 5.92. The van der Waals surface area contributed by atoms with Crippen molar-refractivity contribution >= 4 is 5.91 Å². The molecular weight excluding hydrogens is 144 g/mol. The van der Waals surface area contributed by atoms with Crippen LogP contribution in [0.2, 0.25) is 0 Å². The molecule has 58 valence electrons. The standard InChI is InChI=1S/C7H8N2O2/c1-9-4-2-3-5(6(8)10)7(9)11/h2-4H,1H3,(H2,8,10). The quantitative estimate of drug-likeness (QED) is 0.588. The number of nitrogens with two attached hydrogens (primary N) is 1. The molecule has 4 nitrogen and oxygen atoms in total. The number of hydrogen-bond acceptors (Lipinski definition) is 2. The van der Waals surface area contributed by atoms with E-state index in [1.54, 1.807) is 19.3 Å². The molecular formula is C7H8N2O2. The minimum Gasteiger partial charge on any atom is -0.365 e. The summed E-state index contributed by atoms with van der Waals surface area (Å²) in [6, 6.07) is 3.01. The Bertz CT molecular complexity index is 341. The van der Waals surface area contributed by atoms with Gasteiger partial charge in [-0.1, -0.05) is 0 Å². The smallest absolute Gasteiger partial charge is 0.263 e. The van der Waals surface area contributed by atoms with E-state index in [1.807, 2.05) is 0 Å². The third-order valence-corrected chi connectivity index (χ3v) is 1.39. The summed E-state index contributed by atoms with van der Waals surface area (Å²) in [5, 5.41) is 0. The second-order valence-electron chi connectivity index (χ2n) is 2.20. The molecule has 0 aliphatic carbocycles. The first-order valence-corrected chi connectivity index (χ1v) is 3.08. The van der Waals surface area contributed by atoms with E-state index >= 15 is 0 Å². The van der Waals surface area contributed by atoms with E-state index < -0.39 is 5.91 Å². The van der Waals surface area contributed by atoms with Crippen molar-refractivity contribution in [3.63, 3.8) is 0 Å². The molecule has 0 radical (unpaired) electrons. The molecule has 11 heavy (non-hydrogen) atoms. The van der Waals surface area contributed by atoms with Crippen molar-refractivity contribution in [2.75, 3.05) is 0 Å². The Labute approximate surface area is 63.3 Å². The van der Waals surface area contributed by atoms with Crippen molar-refractivity contribution in [1.29, 1.82) is 0 Å². The Kier molecular flexibility index (Phi) is 1.76. The Hall–Kier alpha value is -1.58. The molecule has 0 bridgehead atoms. The van der Waals surface area contributed by atoms with E-state index in [1.165, 1.54) is 10.6 Å². The van der Waals surface area contributed by atoms with Gasteiger partial charge in [-0.15, -0.1) is 0 Å². The molecule has 1 rings (SSSR count). The number of pyridine rings is 1. The van der Waals surface area contributed by atoms with Gasteiger partial charge in [-0.05, 0) is 12.1 Å². The summed E-state index contributed by atoms with van der Waals surface area (Å²) in [6.45, 7) is 0. The number of amides is 1. The van der Waals surface area contributed by atoms with Crippen molar-refractivity contribution in [2.24, 2.45) is 12.8 Å². The zero-order valence-electron chi connectivity index (χ0n) is 6.07. The molecule has 0 atom stereocenters. The van der Waals surface area contributed by atoms with E-state index in [2.05, 4.69) is 0 Å². The molecule has 0 spiro atoms. The van der Waals surface area contributed by atoms with E-state index in [9.17, 15) is 9.59 Å². The molecule has 2 N–H and O–H groups in total. The molecule has 1 aromatic rings. The second kappa shape index (κ2) is 2.57. The third-order valence-electron chi connectivity index (χ3n) is 1.39. The van der Waals surface area contributed by atoms with Crippen LogP contribution in [-0.4, -0.2) is 10.5 Å². The van der Waals surface area contributed by atoms with E-state index in [-0.39, 0.29) is 11.1 Å². The summed E-state index contributed by atoms with van der Waals surface area (Å²) < 4.78 is 1.31. The molecule has 0 unspecified atom stereocenters. The monoisotopic (exact) mass is 152 g/mol. The van der Waals surface area contributed by atoms with Crippen LogP contribution in [-0.2, 0) is 7.05 Å². The number of nitrogens with zero attached hydrogens (tertiary/aromatic N) is 1. The van der Waals surface area contributed by atoms with Crippen LogP contribution in [0.25, 0.3) is 0 Å². The summed E-state index contributed by atoms with van der Waals surface area (Å²) in [5.41, 5.74) is 4.59. The normalized spacial score (nSPS) is 9.55. The lowest BCUT2D eigenvalue weighted by Crippen LogP contribution is -2.27. The highest BCUT2D eigenvalue weighted by Crippen LogP contribution is 1.87. The SMILES string of the molecule is Cn1cccc(C(N)=O)c1=O. The summed E-state index contributed by atoms with van der Waals surface area (Å²) in [7, 11) is 1.56. The number of aryl methyl sites for hydroxylation is 1. The van der Waals surface area contributed by atoms with Gasteiger partial charge in [-0.2, -0.15) is 0 Å². The molecule has 0 aliphatic rings. The second-order valence-corrected chi connectivity index (χ2v) is 2.20. The average molecular weight is 152 g/mol. The van der Waals surface area contributed by atoms with Gasteiger partial charge in [0.1, 0.15) is 5.56 Å². The van der Waals surface area contributed by atoms with Crippen LogP contribution in [0.3, 0.4) is 0 Å². The number of primary amides is 1. The molecule has 1 aromatic heterocycles. The van der Waals surface area contributed by atoms with Crippen LogP contribution >= 0.6 is 0 Å².